The van der Waals surface area contributed by atoms with Crippen molar-refractivity contribution in [2.45, 2.75) is 12.8 Å². The molecule has 1 aromatic rings. The molecule has 1 heterocycles. The highest BCUT2D eigenvalue weighted by Crippen LogP contribution is 2.22. The van der Waals surface area contributed by atoms with Crippen LogP contribution in [-0.4, -0.2) is 55.3 Å². The van der Waals surface area contributed by atoms with Crippen molar-refractivity contribution in [1.82, 2.24) is 4.90 Å². The largest absolute Gasteiger partial charge is 0.469 e. The second-order valence-electron chi connectivity index (χ2n) is 5.01. The second-order valence-corrected chi connectivity index (χ2v) is 5.01. The lowest BCUT2D eigenvalue weighted by molar-refractivity contribution is -0.144. The zero-order chi connectivity index (χ0) is 16.8. The Kier molecular flexibility index (Phi) is 5.59. The molecule has 0 bridgehead atoms. The van der Waals surface area contributed by atoms with Crippen molar-refractivity contribution in [1.29, 1.82) is 0 Å². The van der Waals surface area contributed by atoms with E-state index in [0.29, 0.717) is 17.5 Å². The topological polar surface area (TPSA) is 90.0 Å². The molecule has 0 spiro atoms. The number of hydrogen-bond donors (Lipinski definition) is 0. The van der Waals surface area contributed by atoms with Gasteiger partial charge in [-0.1, -0.05) is 12.1 Å². The molecule has 7 heteroatoms. The van der Waals surface area contributed by atoms with Gasteiger partial charge >= 0.3 is 5.97 Å². The van der Waals surface area contributed by atoms with Gasteiger partial charge in [-0.05, 0) is 18.6 Å². The van der Waals surface area contributed by atoms with E-state index in [1.807, 2.05) is 0 Å². The number of carbonyl (C=O) groups excluding carboxylic acids is 4. The number of ether oxygens (including phenoxy) is 2. The maximum absolute atomic E-state index is 12.1. The first kappa shape index (κ1) is 16.8. The van der Waals surface area contributed by atoms with Crippen LogP contribution in [0.15, 0.2) is 24.3 Å². The van der Waals surface area contributed by atoms with E-state index < -0.39 is 5.97 Å². The summed E-state index contributed by atoms with van der Waals surface area (Å²) in [5, 5.41) is 0. The van der Waals surface area contributed by atoms with Gasteiger partial charge in [-0.15, -0.1) is 0 Å². The van der Waals surface area contributed by atoms with Crippen LogP contribution in [-0.2, 0) is 19.1 Å². The zero-order valence-electron chi connectivity index (χ0n) is 12.7. The van der Waals surface area contributed by atoms with E-state index in [-0.39, 0.29) is 43.8 Å². The number of hydrogen-bond acceptors (Lipinski definition) is 6. The summed E-state index contributed by atoms with van der Waals surface area (Å²) >= 11 is 0. The molecular formula is C16H17NO6. The molecule has 7 nitrogen and oxygen atoms in total. The summed E-state index contributed by atoms with van der Waals surface area (Å²) in [7, 11) is 1.21. The Balaban J connectivity index is 1.72. The Morgan fingerprint density at radius 2 is 1.70 bits per heavy atom. The highest BCUT2D eigenvalue weighted by atomic mass is 16.5. The number of ketones is 1. The molecule has 1 aliphatic rings. The molecule has 0 fully saturated rings. The van der Waals surface area contributed by atoms with Gasteiger partial charge in [0.2, 0.25) is 0 Å². The highest BCUT2D eigenvalue weighted by molar-refractivity contribution is 6.21. The first-order chi connectivity index (χ1) is 11.0. The van der Waals surface area contributed by atoms with Gasteiger partial charge in [0.05, 0.1) is 18.2 Å². The zero-order valence-corrected chi connectivity index (χ0v) is 12.7. The monoisotopic (exact) mass is 319 g/mol. The van der Waals surface area contributed by atoms with Crippen LogP contribution in [0.4, 0.5) is 0 Å². The van der Waals surface area contributed by atoms with Crippen molar-refractivity contribution in [2.24, 2.45) is 0 Å². The van der Waals surface area contributed by atoms with Crippen LogP contribution < -0.4 is 0 Å². The van der Waals surface area contributed by atoms with E-state index in [4.69, 9.17) is 4.74 Å². The summed E-state index contributed by atoms with van der Waals surface area (Å²) in [6, 6.07) is 6.67. The van der Waals surface area contributed by atoms with Crippen molar-refractivity contribution < 1.29 is 28.7 Å². The molecule has 2 rings (SSSR count). The average molecular weight is 319 g/mol. The van der Waals surface area contributed by atoms with Gasteiger partial charge in [0.25, 0.3) is 11.8 Å². The van der Waals surface area contributed by atoms with Gasteiger partial charge in [0.15, 0.2) is 5.78 Å². The number of esters is 1. The van der Waals surface area contributed by atoms with Gasteiger partial charge in [-0.2, -0.15) is 0 Å². The lowest BCUT2D eigenvalue weighted by atomic mass is 10.1. The highest BCUT2D eigenvalue weighted by Gasteiger charge is 2.34. The third-order valence-electron chi connectivity index (χ3n) is 3.38. The maximum atomic E-state index is 12.1. The molecule has 0 N–H and O–H groups in total. The molecule has 1 aliphatic heterocycles. The van der Waals surface area contributed by atoms with Crippen molar-refractivity contribution >= 4 is 23.6 Å². The summed E-state index contributed by atoms with van der Waals surface area (Å²) in [5.41, 5.74) is 0.818. The lowest BCUT2D eigenvalue weighted by Crippen LogP contribution is -2.31. The predicted molar refractivity (Wildman–Crippen MR) is 78.9 cm³/mol. The van der Waals surface area contributed by atoms with Gasteiger partial charge in [0.1, 0.15) is 13.0 Å². The lowest BCUT2D eigenvalue weighted by Gasteiger charge is -2.13. The molecule has 0 aliphatic carbocycles. The van der Waals surface area contributed by atoms with Crippen LogP contribution in [0.5, 0.6) is 0 Å². The van der Waals surface area contributed by atoms with Gasteiger partial charge in [-0.3, -0.25) is 24.1 Å². The van der Waals surface area contributed by atoms with Gasteiger partial charge < -0.3 is 9.47 Å². The minimum absolute atomic E-state index is 0.197. The van der Waals surface area contributed by atoms with E-state index in [9.17, 15) is 19.2 Å². The first-order valence-corrected chi connectivity index (χ1v) is 7.16. The van der Waals surface area contributed by atoms with Crippen molar-refractivity contribution in [3.8, 4) is 0 Å². The third kappa shape index (κ3) is 4.01. The first-order valence-electron chi connectivity index (χ1n) is 7.16. The quantitative estimate of drug-likeness (QED) is 0.305. The molecule has 0 aromatic heterocycles. The van der Waals surface area contributed by atoms with Crippen LogP contribution in [0.25, 0.3) is 0 Å². The van der Waals surface area contributed by atoms with E-state index >= 15 is 0 Å². The average Bonchev–Trinajstić information content (AvgIpc) is 2.79. The Hall–Kier alpha value is -2.54. The summed E-state index contributed by atoms with van der Waals surface area (Å²) in [6.45, 7) is 0.231. The van der Waals surface area contributed by atoms with Gasteiger partial charge in [0, 0.05) is 13.2 Å². The number of Topliss-reactive ketones (excluding diaryl/α,β-unsaturated/α-hetero) is 1. The fraction of sp³-hybridized carbons (Fsp3) is 0.375. The van der Waals surface area contributed by atoms with Crippen LogP contribution in [0.3, 0.4) is 0 Å². The molecule has 0 radical (unpaired) electrons. The summed E-state index contributed by atoms with van der Waals surface area (Å²) in [4.78, 5) is 47.6. The molecule has 2 amide bonds. The SMILES string of the molecule is COC(=O)CC(=O)COCCCN1C(=O)c2ccccc2C1=O. The van der Waals surface area contributed by atoms with Crippen LogP contribution in [0.2, 0.25) is 0 Å². The number of fused-ring (bicyclic) bond motifs is 1. The number of benzene rings is 1. The second kappa shape index (κ2) is 7.64. The number of amides is 2. The minimum atomic E-state index is -0.607. The number of nitrogens with zero attached hydrogens (tertiary/aromatic N) is 1. The Bertz CT molecular complexity index is 604. The van der Waals surface area contributed by atoms with E-state index in [1.165, 1.54) is 12.0 Å². The van der Waals surface area contributed by atoms with E-state index in [2.05, 4.69) is 4.74 Å². The Morgan fingerprint density at radius 1 is 1.09 bits per heavy atom. The summed E-state index contributed by atoms with van der Waals surface area (Å²) < 4.78 is 9.51. The normalized spacial score (nSPS) is 13.2. The van der Waals surface area contributed by atoms with Crippen molar-refractivity contribution in [3.63, 3.8) is 0 Å². The molecule has 0 saturated heterocycles. The summed E-state index contributed by atoms with van der Waals surface area (Å²) in [5.74, 6) is -1.61. The molecular weight excluding hydrogens is 302 g/mol. The van der Waals surface area contributed by atoms with Crippen LogP contribution >= 0.6 is 0 Å². The van der Waals surface area contributed by atoms with Crippen molar-refractivity contribution in [3.05, 3.63) is 35.4 Å². The minimum Gasteiger partial charge on any atom is -0.469 e. The fourth-order valence-electron chi connectivity index (χ4n) is 2.24. The smallest absolute Gasteiger partial charge is 0.313 e. The number of methoxy groups -OCH3 is 1. The van der Waals surface area contributed by atoms with E-state index in [0.717, 1.165) is 0 Å². The van der Waals surface area contributed by atoms with E-state index in [1.54, 1.807) is 24.3 Å². The van der Waals surface area contributed by atoms with Crippen LogP contribution in [0.1, 0.15) is 33.6 Å². The maximum Gasteiger partial charge on any atom is 0.313 e. The molecule has 1 aromatic carbocycles. The Morgan fingerprint density at radius 3 is 2.26 bits per heavy atom. The number of imide groups is 1. The van der Waals surface area contributed by atoms with Gasteiger partial charge in [-0.25, -0.2) is 0 Å². The summed E-state index contributed by atoms with van der Waals surface area (Å²) in [6.07, 6.45) is 0.0892. The Labute approximate surface area is 133 Å². The molecule has 0 atom stereocenters. The third-order valence-corrected chi connectivity index (χ3v) is 3.38. The molecule has 0 saturated carbocycles. The standard InChI is InChI=1S/C16H17NO6/c1-22-14(19)9-11(18)10-23-8-4-7-17-15(20)12-5-2-3-6-13(12)16(17)21/h2-3,5-6H,4,7-10H2,1H3. The molecule has 23 heavy (non-hydrogen) atoms. The molecule has 0 unspecified atom stereocenters. The number of rotatable bonds is 8. The van der Waals surface area contributed by atoms with Crippen molar-refractivity contribution in [2.75, 3.05) is 26.9 Å². The molecule has 122 valence electrons. The fourth-order valence-corrected chi connectivity index (χ4v) is 2.24. The predicted octanol–water partition coefficient (Wildman–Crippen LogP) is 0.822. The number of carbonyl (C=O) groups is 4. The van der Waals surface area contributed by atoms with Crippen LogP contribution in [0, 0.1) is 0 Å².